The molecule has 26 heavy (non-hydrogen) atoms. The SMILES string of the molecule is COc1cccc(-c2cc(C(N)=O)c(C)n2CCCN2CCOCC2)c1. The van der Waals surface area contributed by atoms with E-state index in [-0.39, 0.29) is 0 Å². The number of ether oxygens (including phenoxy) is 2. The van der Waals surface area contributed by atoms with Crippen LogP contribution in [0.25, 0.3) is 11.3 Å². The molecule has 0 saturated carbocycles. The number of amides is 1. The second kappa shape index (κ2) is 8.38. The second-order valence-electron chi connectivity index (χ2n) is 6.58. The number of carbonyl (C=O) groups is 1. The highest BCUT2D eigenvalue weighted by Gasteiger charge is 2.17. The Kier molecular flexibility index (Phi) is 5.96. The molecule has 0 bridgehead atoms. The third-order valence-corrected chi connectivity index (χ3v) is 4.96. The van der Waals surface area contributed by atoms with Crippen molar-refractivity contribution in [2.24, 2.45) is 5.73 Å². The second-order valence-corrected chi connectivity index (χ2v) is 6.58. The van der Waals surface area contributed by atoms with Crippen LogP contribution in [0, 0.1) is 6.92 Å². The number of rotatable bonds is 7. The number of hydrogen-bond donors (Lipinski definition) is 1. The highest BCUT2D eigenvalue weighted by Crippen LogP contribution is 2.28. The van der Waals surface area contributed by atoms with Crippen LogP contribution in [0.5, 0.6) is 5.75 Å². The summed E-state index contributed by atoms with van der Waals surface area (Å²) in [6.45, 7) is 7.40. The van der Waals surface area contributed by atoms with Crippen LogP contribution in [0.3, 0.4) is 0 Å². The van der Waals surface area contributed by atoms with Gasteiger partial charge < -0.3 is 19.8 Å². The van der Waals surface area contributed by atoms with E-state index in [9.17, 15) is 4.79 Å². The Morgan fingerprint density at radius 1 is 1.23 bits per heavy atom. The maximum Gasteiger partial charge on any atom is 0.250 e. The van der Waals surface area contributed by atoms with E-state index >= 15 is 0 Å². The van der Waals surface area contributed by atoms with Gasteiger partial charge in [-0.05, 0) is 31.5 Å². The predicted octanol–water partition coefficient (Wildman–Crippen LogP) is 2.29. The van der Waals surface area contributed by atoms with Crippen LogP contribution in [0.15, 0.2) is 30.3 Å². The van der Waals surface area contributed by atoms with Gasteiger partial charge in [-0.15, -0.1) is 0 Å². The number of hydrogen-bond acceptors (Lipinski definition) is 4. The maximum atomic E-state index is 11.8. The molecule has 6 heteroatoms. The van der Waals surface area contributed by atoms with Crippen LogP contribution in [0.4, 0.5) is 0 Å². The Bertz CT molecular complexity index is 764. The molecule has 1 aromatic carbocycles. The number of nitrogens with zero attached hydrogens (tertiary/aromatic N) is 2. The Labute approximate surface area is 154 Å². The molecule has 1 saturated heterocycles. The van der Waals surface area contributed by atoms with Crippen LogP contribution >= 0.6 is 0 Å². The summed E-state index contributed by atoms with van der Waals surface area (Å²) in [6.07, 6.45) is 1.00. The molecule has 1 amide bonds. The Morgan fingerprint density at radius 2 is 2.00 bits per heavy atom. The number of methoxy groups -OCH3 is 1. The molecule has 0 unspecified atom stereocenters. The average Bonchev–Trinajstić information content (AvgIpc) is 2.99. The summed E-state index contributed by atoms with van der Waals surface area (Å²) in [4.78, 5) is 14.2. The van der Waals surface area contributed by atoms with Gasteiger partial charge in [-0.3, -0.25) is 9.69 Å². The number of carbonyl (C=O) groups excluding carboxylic acids is 1. The highest BCUT2D eigenvalue weighted by atomic mass is 16.5. The van der Waals surface area contributed by atoms with Gasteiger partial charge in [0, 0.05) is 43.1 Å². The van der Waals surface area contributed by atoms with E-state index in [2.05, 4.69) is 9.47 Å². The monoisotopic (exact) mass is 357 g/mol. The minimum atomic E-state index is -0.390. The summed E-state index contributed by atoms with van der Waals surface area (Å²) < 4.78 is 12.9. The number of morpholine rings is 1. The molecule has 140 valence electrons. The third-order valence-electron chi connectivity index (χ3n) is 4.96. The summed E-state index contributed by atoms with van der Waals surface area (Å²) in [6, 6.07) is 9.77. The summed E-state index contributed by atoms with van der Waals surface area (Å²) in [5.74, 6) is 0.403. The van der Waals surface area contributed by atoms with E-state index in [1.807, 2.05) is 37.3 Å². The quantitative estimate of drug-likeness (QED) is 0.825. The molecule has 0 radical (unpaired) electrons. The van der Waals surface area contributed by atoms with Gasteiger partial charge in [0.05, 0.1) is 25.9 Å². The van der Waals surface area contributed by atoms with E-state index in [0.29, 0.717) is 5.56 Å². The smallest absolute Gasteiger partial charge is 0.250 e. The zero-order chi connectivity index (χ0) is 18.5. The molecule has 1 aliphatic heterocycles. The topological polar surface area (TPSA) is 69.7 Å². The van der Waals surface area contributed by atoms with Gasteiger partial charge in [0.25, 0.3) is 5.91 Å². The molecular formula is C20H27N3O3. The van der Waals surface area contributed by atoms with Gasteiger partial charge in [0.2, 0.25) is 0 Å². The molecule has 6 nitrogen and oxygen atoms in total. The molecule has 1 fully saturated rings. The van der Waals surface area contributed by atoms with Crippen LogP contribution in [0.1, 0.15) is 22.5 Å². The normalized spacial score (nSPS) is 15.2. The van der Waals surface area contributed by atoms with Crippen molar-refractivity contribution in [2.45, 2.75) is 19.9 Å². The fraction of sp³-hybridized carbons (Fsp3) is 0.450. The van der Waals surface area contributed by atoms with Crippen molar-refractivity contribution in [2.75, 3.05) is 40.0 Å². The first-order valence-electron chi connectivity index (χ1n) is 9.04. The minimum Gasteiger partial charge on any atom is -0.497 e. The van der Waals surface area contributed by atoms with Gasteiger partial charge in [0.1, 0.15) is 5.75 Å². The van der Waals surface area contributed by atoms with Gasteiger partial charge in [-0.1, -0.05) is 12.1 Å². The molecule has 1 aliphatic rings. The van der Waals surface area contributed by atoms with E-state index in [4.69, 9.17) is 15.2 Å². The standard InChI is InChI=1S/C20H27N3O3/c1-15-18(20(21)24)14-19(16-5-3-6-17(13-16)25-2)23(15)8-4-7-22-9-11-26-12-10-22/h3,5-6,13-14H,4,7-12H2,1-2H3,(H2,21,24). The van der Waals surface area contributed by atoms with Gasteiger partial charge in [-0.2, -0.15) is 0 Å². The Balaban J connectivity index is 1.83. The molecule has 0 aliphatic carbocycles. The Hall–Kier alpha value is -2.31. The van der Waals surface area contributed by atoms with Gasteiger partial charge >= 0.3 is 0 Å². The van der Waals surface area contributed by atoms with Crippen molar-refractivity contribution in [1.29, 1.82) is 0 Å². The largest absolute Gasteiger partial charge is 0.497 e. The van der Waals surface area contributed by atoms with Crippen molar-refractivity contribution < 1.29 is 14.3 Å². The number of benzene rings is 1. The van der Waals surface area contributed by atoms with Crippen molar-refractivity contribution in [3.05, 3.63) is 41.6 Å². The lowest BCUT2D eigenvalue weighted by Crippen LogP contribution is -2.37. The highest BCUT2D eigenvalue weighted by molar-refractivity contribution is 5.95. The predicted molar refractivity (Wildman–Crippen MR) is 102 cm³/mol. The first-order valence-corrected chi connectivity index (χ1v) is 9.04. The lowest BCUT2D eigenvalue weighted by atomic mass is 10.1. The average molecular weight is 357 g/mol. The van der Waals surface area contributed by atoms with E-state index < -0.39 is 5.91 Å². The summed E-state index contributed by atoms with van der Waals surface area (Å²) in [5, 5.41) is 0. The molecule has 2 heterocycles. The molecule has 0 atom stereocenters. The summed E-state index contributed by atoms with van der Waals surface area (Å²) >= 11 is 0. The first-order chi connectivity index (χ1) is 12.6. The van der Waals surface area contributed by atoms with Crippen molar-refractivity contribution in [3.8, 4) is 17.0 Å². The molecule has 2 aromatic rings. The first kappa shape index (κ1) is 18.5. The van der Waals surface area contributed by atoms with E-state index in [1.54, 1.807) is 7.11 Å². The van der Waals surface area contributed by atoms with Crippen LogP contribution in [-0.4, -0.2) is 55.3 Å². The fourth-order valence-electron chi connectivity index (χ4n) is 3.48. The lowest BCUT2D eigenvalue weighted by molar-refractivity contribution is 0.0369. The fourth-order valence-corrected chi connectivity index (χ4v) is 3.48. The number of aromatic nitrogens is 1. The van der Waals surface area contributed by atoms with Gasteiger partial charge in [0.15, 0.2) is 0 Å². The summed E-state index contributed by atoms with van der Waals surface area (Å²) in [7, 11) is 1.65. The Morgan fingerprint density at radius 3 is 2.69 bits per heavy atom. The van der Waals surface area contributed by atoms with Crippen molar-refractivity contribution >= 4 is 5.91 Å². The lowest BCUT2D eigenvalue weighted by Gasteiger charge is -2.26. The molecule has 3 rings (SSSR count). The van der Waals surface area contributed by atoms with Crippen LogP contribution in [-0.2, 0) is 11.3 Å². The van der Waals surface area contributed by atoms with Crippen LogP contribution in [0.2, 0.25) is 0 Å². The van der Waals surface area contributed by atoms with E-state index in [0.717, 1.165) is 68.5 Å². The van der Waals surface area contributed by atoms with Crippen molar-refractivity contribution in [3.63, 3.8) is 0 Å². The maximum absolute atomic E-state index is 11.8. The number of primary amides is 1. The molecule has 2 N–H and O–H groups in total. The van der Waals surface area contributed by atoms with E-state index in [1.165, 1.54) is 0 Å². The minimum absolute atomic E-state index is 0.390. The zero-order valence-electron chi connectivity index (χ0n) is 15.5. The molecule has 0 spiro atoms. The molecule has 1 aromatic heterocycles. The number of nitrogens with two attached hydrogens (primary N) is 1. The van der Waals surface area contributed by atoms with Gasteiger partial charge in [-0.25, -0.2) is 0 Å². The van der Waals surface area contributed by atoms with Crippen LogP contribution < -0.4 is 10.5 Å². The molecular weight excluding hydrogens is 330 g/mol. The van der Waals surface area contributed by atoms with Crippen molar-refractivity contribution in [1.82, 2.24) is 9.47 Å². The zero-order valence-corrected chi connectivity index (χ0v) is 15.5. The third kappa shape index (κ3) is 4.08. The summed E-state index contributed by atoms with van der Waals surface area (Å²) in [5.41, 5.74) is 9.09.